The number of fused-ring (bicyclic) bond motifs is 1. The molecule has 0 radical (unpaired) electrons. The van der Waals surface area contributed by atoms with Crippen molar-refractivity contribution >= 4 is 12.9 Å². The molecule has 3 rings (SSSR count). The van der Waals surface area contributed by atoms with Crippen molar-refractivity contribution in [2.24, 2.45) is 0 Å². The van der Waals surface area contributed by atoms with Crippen LogP contribution in [0.25, 0.3) is 0 Å². The smallest absolute Gasteiger partial charge is 0.361 e. The van der Waals surface area contributed by atoms with Gasteiger partial charge in [0, 0.05) is 25.2 Å². The standard InChI is InChI=1S/C20H26NO4P/c1-3-24-26(22,25-4-2)19-10-11-20-18(14-19)16-21(12-13-23-20)15-17-8-6-5-7-9-17/h5-11,14H,3-4,12-13,15-16H2,1-2H3. The number of hydrogen-bond acceptors (Lipinski definition) is 5. The number of nitrogens with zero attached hydrogens (tertiary/aromatic N) is 1. The second-order valence-electron chi connectivity index (χ2n) is 6.17. The van der Waals surface area contributed by atoms with Gasteiger partial charge in [0.2, 0.25) is 0 Å². The summed E-state index contributed by atoms with van der Waals surface area (Å²) < 4.78 is 29.9. The van der Waals surface area contributed by atoms with Crippen LogP contribution in [0.15, 0.2) is 48.5 Å². The molecule has 0 spiro atoms. The van der Waals surface area contributed by atoms with Crippen molar-refractivity contribution in [3.63, 3.8) is 0 Å². The lowest BCUT2D eigenvalue weighted by Gasteiger charge is -2.21. The fourth-order valence-electron chi connectivity index (χ4n) is 3.11. The predicted molar refractivity (Wildman–Crippen MR) is 103 cm³/mol. The maximum atomic E-state index is 13.1. The quantitative estimate of drug-likeness (QED) is 0.686. The van der Waals surface area contributed by atoms with E-state index in [0.717, 1.165) is 30.9 Å². The molecule has 140 valence electrons. The van der Waals surface area contributed by atoms with Crippen molar-refractivity contribution in [2.75, 3.05) is 26.4 Å². The minimum Gasteiger partial charge on any atom is -0.492 e. The van der Waals surface area contributed by atoms with E-state index in [1.165, 1.54) is 5.56 Å². The molecule has 1 heterocycles. The molecule has 0 saturated carbocycles. The van der Waals surface area contributed by atoms with Gasteiger partial charge >= 0.3 is 7.60 Å². The van der Waals surface area contributed by atoms with Crippen LogP contribution in [0.1, 0.15) is 25.0 Å². The molecule has 0 unspecified atom stereocenters. The summed E-state index contributed by atoms with van der Waals surface area (Å²) in [5.41, 5.74) is 2.27. The summed E-state index contributed by atoms with van der Waals surface area (Å²) in [7, 11) is -3.29. The third-order valence-corrected chi connectivity index (χ3v) is 6.37. The van der Waals surface area contributed by atoms with Gasteiger partial charge in [-0.3, -0.25) is 9.46 Å². The maximum absolute atomic E-state index is 13.1. The lowest BCUT2D eigenvalue weighted by Crippen LogP contribution is -2.25. The molecule has 2 aromatic carbocycles. The van der Waals surface area contributed by atoms with E-state index in [2.05, 4.69) is 29.2 Å². The first-order chi connectivity index (χ1) is 12.6. The van der Waals surface area contributed by atoms with E-state index in [-0.39, 0.29) is 0 Å². The Morgan fingerprint density at radius 1 is 1.08 bits per heavy atom. The van der Waals surface area contributed by atoms with Crippen molar-refractivity contribution < 1.29 is 18.3 Å². The van der Waals surface area contributed by atoms with Gasteiger partial charge in [0.1, 0.15) is 12.4 Å². The third kappa shape index (κ3) is 4.54. The zero-order chi connectivity index (χ0) is 18.4. The molecule has 0 atom stereocenters. The number of rotatable bonds is 7. The molecule has 5 nitrogen and oxygen atoms in total. The van der Waals surface area contributed by atoms with E-state index in [0.29, 0.717) is 25.1 Å². The Kier molecular flexibility index (Phi) is 6.49. The van der Waals surface area contributed by atoms with Gasteiger partial charge in [-0.25, -0.2) is 0 Å². The Bertz CT molecular complexity index is 756. The van der Waals surface area contributed by atoms with Crippen LogP contribution in [-0.4, -0.2) is 31.3 Å². The monoisotopic (exact) mass is 375 g/mol. The lowest BCUT2D eigenvalue weighted by atomic mass is 10.1. The van der Waals surface area contributed by atoms with Gasteiger partial charge in [0.25, 0.3) is 0 Å². The van der Waals surface area contributed by atoms with Crippen LogP contribution in [0.5, 0.6) is 5.75 Å². The van der Waals surface area contributed by atoms with E-state index in [1.807, 2.05) is 32.0 Å². The Balaban J connectivity index is 1.84. The molecule has 0 bridgehead atoms. The molecular formula is C20H26NO4P. The van der Waals surface area contributed by atoms with Crippen LogP contribution >= 0.6 is 7.60 Å². The molecule has 26 heavy (non-hydrogen) atoms. The fraction of sp³-hybridized carbons (Fsp3) is 0.400. The van der Waals surface area contributed by atoms with Crippen molar-refractivity contribution in [2.45, 2.75) is 26.9 Å². The Hall–Kier alpha value is -1.65. The normalized spacial score (nSPS) is 15.2. The van der Waals surface area contributed by atoms with Gasteiger partial charge in [0.15, 0.2) is 0 Å². The van der Waals surface area contributed by atoms with Crippen LogP contribution in [0.2, 0.25) is 0 Å². The summed E-state index contributed by atoms with van der Waals surface area (Å²) in [6.45, 7) is 7.37. The zero-order valence-electron chi connectivity index (χ0n) is 15.4. The number of ether oxygens (including phenoxy) is 1. The van der Waals surface area contributed by atoms with Crippen LogP contribution in [-0.2, 0) is 26.7 Å². The van der Waals surface area contributed by atoms with Crippen molar-refractivity contribution in [1.29, 1.82) is 0 Å². The summed E-state index contributed by atoms with van der Waals surface area (Å²) in [5.74, 6) is 0.837. The first kappa shape index (κ1) is 19.1. The minimum absolute atomic E-state index is 0.338. The summed E-state index contributed by atoms with van der Waals surface area (Å²) in [6, 6.07) is 16.0. The largest absolute Gasteiger partial charge is 0.492 e. The summed E-state index contributed by atoms with van der Waals surface area (Å²) in [4.78, 5) is 2.33. The van der Waals surface area contributed by atoms with E-state index in [9.17, 15) is 4.57 Å². The van der Waals surface area contributed by atoms with E-state index in [1.54, 1.807) is 6.07 Å². The Labute approximate surface area is 155 Å². The summed E-state index contributed by atoms with van der Waals surface area (Å²) in [5, 5.41) is 0.588. The Morgan fingerprint density at radius 3 is 2.50 bits per heavy atom. The average molecular weight is 375 g/mol. The molecule has 0 N–H and O–H groups in total. The highest BCUT2D eigenvalue weighted by atomic mass is 31.2. The van der Waals surface area contributed by atoms with Crippen molar-refractivity contribution in [3.05, 3.63) is 59.7 Å². The number of benzene rings is 2. The molecule has 0 aromatic heterocycles. The molecule has 1 aliphatic heterocycles. The third-order valence-electron chi connectivity index (χ3n) is 4.27. The van der Waals surface area contributed by atoms with Gasteiger partial charge in [0.05, 0.1) is 18.5 Å². The molecule has 0 saturated heterocycles. The molecule has 6 heteroatoms. The zero-order valence-corrected chi connectivity index (χ0v) is 16.3. The summed E-state index contributed by atoms with van der Waals surface area (Å²) in [6.07, 6.45) is 0. The van der Waals surface area contributed by atoms with Crippen molar-refractivity contribution in [3.8, 4) is 5.75 Å². The molecule has 1 aliphatic rings. The highest BCUT2D eigenvalue weighted by Gasteiger charge is 2.28. The first-order valence-electron chi connectivity index (χ1n) is 9.06. The van der Waals surface area contributed by atoms with Gasteiger partial charge < -0.3 is 13.8 Å². The van der Waals surface area contributed by atoms with Gasteiger partial charge in [-0.05, 0) is 37.6 Å². The molecule has 0 aliphatic carbocycles. The topological polar surface area (TPSA) is 48.0 Å². The second kappa shape index (κ2) is 8.83. The Morgan fingerprint density at radius 2 is 1.81 bits per heavy atom. The van der Waals surface area contributed by atoms with E-state index >= 15 is 0 Å². The SMILES string of the molecule is CCOP(=O)(OCC)c1ccc2c(c1)CN(Cc1ccccc1)CCO2. The van der Waals surface area contributed by atoms with Crippen LogP contribution in [0.4, 0.5) is 0 Å². The molecular weight excluding hydrogens is 349 g/mol. The van der Waals surface area contributed by atoms with Gasteiger partial charge in [-0.15, -0.1) is 0 Å². The molecule has 0 fully saturated rings. The highest BCUT2D eigenvalue weighted by molar-refractivity contribution is 7.62. The van der Waals surface area contributed by atoms with Crippen LogP contribution in [0.3, 0.4) is 0 Å². The highest BCUT2D eigenvalue weighted by Crippen LogP contribution is 2.47. The lowest BCUT2D eigenvalue weighted by molar-refractivity contribution is 0.219. The predicted octanol–water partition coefficient (Wildman–Crippen LogP) is 3.97. The van der Waals surface area contributed by atoms with Crippen LogP contribution < -0.4 is 10.0 Å². The van der Waals surface area contributed by atoms with E-state index < -0.39 is 7.60 Å². The van der Waals surface area contributed by atoms with Crippen LogP contribution in [0, 0.1) is 0 Å². The number of hydrogen-bond donors (Lipinski definition) is 0. The second-order valence-corrected chi connectivity index (χ2v) is 8.20. The fourth-order valence-corrected chi connectivity index (χ4v) is 4.73. The maximum Gasteiger partial charge on any atom is 0.361 e. The molecule has 0 amide bonds. The summed E-state index contributed by atoms with van der Waals surface area (Å²) >= 11 is 0. The van der Waals surface area contributed by atoms with E-state index in [4.69, 9.17) is 13.8 Å². The average Bonchev–Trinajstić information content (AvgIpc) is 2.84. The molecule has 2 aromatic rings. The first-order valence-corrected chi connectivity index (χ1v) is 10.6. The van der Waals surface area contributed by atoms with Gasteiger partial charge in [-0.2, -0.15) is 0 Å². The minimum atomic E-state index is -3.29. The van der Waals surface area contributed by atoms with Crippen molar-refractivity contribution in [1.82, 2.24) is 4.90 Å². The van der Waals surface area contributed by atoms with Gasteiger partial charge in [-0.1, -0.05) is 30.3 Å².